The van der Waals surface area contributed by atoms with Crippen molar-refractivity contribution in [3.8, 4) is 11.5 Å². The Balaban J connectivity index is 1.27. The van der Waals surface area contributed by atoms with E-state index in [0.29, 0.717) is 40.2 Å². The molecule has 5 rings (SSSR count). The van der Waals surface area contributed by atoms with Gasteiger partial charge in [-0.25, -0.2) is 4.98 Å². The van der Waals surface area contributed by atoms with Gasteiger partial charge in [0.25, 0.3) is 5.91 Å². The minimum absolute atomic E-state index is 0.0387. The lowest BCUT2D eigenvalue weighted by Crippen LogP contribution is -2.35. The van der Waals surface area contributed by atoms with E-state index in [2.05, 4.69) is 9.80 Å². The number of para-hydroxylation sites is 2. The third-order valence-corrected chi connectivity index (χ3v) is 9.66. The quantitative estimate of drug-likeness (QED) is 0.125. The molecular formula is C36H42Cl2F3N5O4. The molecule has 9 nitrogen and oxygen atoms in total. The van der Waals surface area contributed by atoms with Gasteiger partial charge in [0.15, 0.2) is 0 Å². The van der Waals surface area contributed by atoms with Gasteiger partial charge in [-0.15, -0.1) is 0 Å². The van der Waals surface area contributed by atoms with Crippen LogP contribution >= 0.6 is 23.2 Å². The number of fused-ring (bicyclic) bond motifs is 1. The highest BCUT2D eigenvalue weighted by Gasteiger charge is 2.28. The van der Waals surface area contributed by atoms with Crippen molar-refractivity contribution in [1.82, 2.24) is 19.4 Å². The topological polar surface area (TPSA) is 72.3 Å². The summed E-state index contributed by atoms with van der Waals surface area (Å²) in [5.74, 6) is 1.54. The zero-order valence-electron chi connectivity index (χ0n) is 28.4. The molecule has 0 bridgehead atoms. The van der Waals surface area contributed by atoms with Crippen LogP contribution in [0.4, 0.5) is 19.1 Å². The fraction of sp³-hybridized carbons (Fsp3) is 0.444. The fourth-order valence-corrected chi connectivity index (χ4v) is 6.63. The molecule has 0 saturated carbocycles. The van der Waals surface area contributed by atoms with E-state index in [4.69, 9.17) is 42.4 Å². The SMILES string of the molecule is COc1ccc(C(=O)N(C)CC(CCN2CCCN(c3nc4ccccc4n3CCOCC(F)(F)F)CC2)c2ccc(Cl)c(Cl)c2)c(OC)c1. The number of hydrogen-bond donors (Lipinski definition) is 0. The van der Waals surface area contributed by atoms with E-state index >= 15 is 0 Å². The maximum absolute atomic E-state index is 13.6. The maximum Gasteiger partial charge on any atom is 0.411 e. The molecule has 1 fully saturated rings. The van der Waals surface area contributed by atoms with Gasteiger partial charge in [-0.1, -0.05) is 41.4 Å². The zero-order chi connectivity index (χ0) is 35.8. The molecule has 4 aromatic rings. The van der Waals surface area contributed by atoms with Crippen LogP contribution in [-0.2, 0) is 11.3 Å². The Bertz CT molecular complexity index is 1750. The number of likely N-dealkylation sites (N-methyl/N-ethyl adjacent to an activating group) is 1. The molecule has 270 valence electrons. The van der Waals surface area contributed by atoms with E-state index in [9.17, 15) is 18.0 Å². The smallest absolute Gasteiger partial charge is 0.411 e. The largest absolute Gasteiger partial charge is 0.497 e. The summed E-state index contributed by atoms with van der Waals surface area (Å²) in [5, 5.41) is 0.921. The van der Waals surface area contributed by atoms with Gasteiger partial charge in [0.05, 0.1) is 47.5 Å². The van der Waals surface area contributed by atoms with Crippen LogP contribution in [-0.4, -0.2) is 105 Å². The standard InChI is InChI=1S/C36H42Cl2F3N5O4/c1-43(34(47)28-11-10-27(48-2)22-33(28)49-3)23-26(25-9-12-29(37)30(38)21-25)13-16-44-14-6-15-45(18-17-44)35-42-31-7-4-5-8-32(31)46(35)19-20-50-24-36(39,40)41/h4-5,7-12,21-22,26H,6,13-20,23-24H2,1-3H3. The highest BCUT2D eigenvalue weighted by atomic mass is 35.5. The van der Waals surface area contributed by atoms with Crippen molar-refractivity contribution in [3.63, 3.8) is 0 Å². The van der Waals surface area contributed by atoms with Gasteiger partial charge in [-0.05, 0) is 67.9 Å². The Kier molecular flexibility index (Phi) is 12.8. The van der Waals surface area contributed by atoms with Crippen LogP contribution in [0.3, 0.4) is 0 Å². The van der Waals surface area contributed by atoms with Crippen LogP contribution in [0, 0.1) is 0 Å². The first-order chi connectivity index (χ1) is 24.0. The number of nitrogens with zero attached hydrogens (tertiary/aromatic N) is 5. The van der Waals surface area contributed by atoms with Crippen LogP contribution < -0.4 is 14.4 Å². The Morgan fingerprint density at radius 1 is 0.960 bits per heavy atom. The van der Waals surface area contributed by atoms with E-state index in [0.717, 1.165) is 61.6 Å². The van der Waals surface area contributed by atoms with Crippen LogP contribution in [0.25, 0.3) is 11.0 Å². The average molecular weight is 737 g/mol. The second kappa shape index (κ2) is 17.0. The van der Waals surface area contributed by atoms with Gasteiger partial charge in [-0.3, -0.25) is 4.79 Å². The van der Waals surface area contributed by atoms with Gasteiger partial charge in [0.2, 0.25) is 5.95 Å². The molecule has 1 aromatic heterocycles. The van der Waals surface area contributed by atoms with E-state index in [1.165, 1.54) is 7.11 Å². The Morgan fingerprint density at radius 3 is 2.50 bits per heavy atom. The summed E-state index contributed by atoms with van der Waals surface area (Å²) < 4.78 is 55.8. The molecule has 1 atom stereocenters. The lowest BCUT2D eigenvalue weighted by atomic mass is 9.94. The number of aromatic nitrogens is 2. The van der Waals surface area contributed by atoms with Gasteiger partial charge in [-0.2, -0.15) is 13.2 Å². The van der Waals surface area contributed by atoms with Gasteiger partial charge in [0.1, 0.15) is 18.1 Å². The first-order valence-electron chi connectivity index (χ1n) is 16.5. The second-order valence-electron chi connectivity index (χ2n) is 12.3. The predicted molar refractivity (Wildman–Crippen MR) is 190 cm³/mol. The molecule has 1 amide bonds. The van der Waals surface area contributed by atoms with Crippen molar-refractivity contribution in [1.29, 1.82) is 0 Å². The number of rotatable bonds is 14. The maximum atomic E-state index is 13.6. The number of amides is 1. The number of carbonyl (C=O) groups is 1. The third kappa shape index (κ3) is 9.54. The summed E-state index contributed by atoms with van der Waals surface area (Å²) in [6, 6.07) is 18.4. The minimum atomic E-state index is -4.37. The van der Waals surface area contributed by atoms with Crippen molar-refractivity contribution < 1.29 is 32.2 Å². The van der Waals surface area contributed by atoms with Crippen LogP contribution in [0.1, 0.15) is 34.7 Å². The molecular weight excluding hydrogens is 694 g/mol. The van der Waals surface area contributed by atoms with Crippen molar-refractivity contribution in [2.75, 3.05) is 78.6 Å². The molecule has 1 saturated heterocycles. The molecule has 0 N–H and O–H groups in total. The number of hydrogen-bond acceptors (Lipinski definition) is 7. The summed E-state index contributed by atoms with van der Waals surface area (Å²) in [6.07, 6.45) is -2.74. The van der Waals surface area contributed by atoms with Crippen LogP contribution in [0.15, 0.2) is 60.7 Å². The Labute approximate surface area is 300 Å². The monoisotopic (exact) mass is 735 g/mol. The molecule has 1 aliphatic heterocycles. The van der Waals surface area contributed by atoms with Gasteiger partial charge >= 0.3 is 6.18 Å². The summed E-state index contributed by atoms with van der Waals surface area (Å²) >= 11 is 12.7. The number of methoxy groups -OCH3 is 2. The molecule has 0 radical (unpaired) electrons. The van der Waals surface area contributed by atoms with Crippen LogP contribution in [0.5, 0.6) is 11.5 Å². The molecule has 2 heterocycles. The number of imidazole rings is 1. The van der Waals surface area contributed by atoms with Crippen molar-refractivity contribution in [2.45, 2.75) is 31.5 Å². The minimum Gasteiger partial charge on any atom is -0.497 e. The van der Waals surface area contributed by atoms with E-state index in [1.54, 1.807) is 43.3 Å². The molecule has 1 unspecified atom stereocenters. The molecule has 14 heteroatoms. The normalized spacial score (nSPS) is 14.8. The van der Waals surface area contributed by atoms with E-state index in [-0.39, 0.29) is 25.0 Å². The zero-order valence-corrected chi connectivity index (χ0v) is 29.9. The number of anilines is 1. The van der Waals surface area contributed by atoms with Crippen LogP contribution in [0.2, 0.25) is 10.0 Å². The molecule has 0 spiro atoms. The van der Waals surface area contributed by atoms with Crippen molar-refractivity contribution >= 4 is 46.1 Å². The molecule has 3 aromatic carbocycles. The van der Waals surface area contributed by atoms with E-state index < -0.39 is 12.8 Å². The first-order valence-corrected chi connectivity index (χ1v) is 17.2. The third-order valence-electron chi connectivity index (χ3n) is 8.92. The highest BCUT2D eigenvalue weighted by molar-refractivity contribution is 6.42. The summed E-state index contributed by atoms with van der Waals surface area (Å²) in [4.78, 5) is 24.8. The summed E-state index contributed by atoms with van der Waals surface area (Å²) in [5.41, 5.74) is 3.07. The number of halogens is 5. The highest BCUT2D eigenvalue weighted by Crippen LogP contribution is 2.31. The number of ether oxygens (including phenoxy) is 3. The van der Waals surface area contributed by atoms with Gasteiger partial charge < -0.3 is 33.5 Å². The number of alkyl halides is 3. The summed E-state index contributed by atoms with van der Waals surface area (Å²) in [7, 11) is 4.86. The molecule has 0 aliphatic carbocycles. The summed E-state index contributed by atoms with van der Waals surface area (Å²) in [6.45, 7) is 3.17. The van der Waals surface area contributed by atoms with E-state index in [1.807, 2.05) is 41.0 Å². The first kappa shape index (κ1) is 37.5. The number of carbonyl (C=O) groups excluding carboxylic acids is 1. The average Bonchev–Trinajstić information content (AvgIpc) is 3.30. The molecule has 50 heavy (non-hydrogen) atoms. The second-order valence-corrected chi connectivity index (χ2v) is 13.1. The number of benzene rings is 3. The van der Waals surface area contributed by atoms with Gasteiger partial charge in [0, 0.05) is 51.8 Å². The predicted octanol–water partition coefficient (Wildman–Crippen LogP) is 7.40. The Morgan fingerprint density at radius 2 is 1.76 bits per heavy atom. The van der Waals surface area contributed by atoms with Crippen molar-refractivity contribution in [3.05, 3.63) is 81.8 Å². The molecule has 1 aliphatic rings. The Hall–Kier alpha value is -3.71. The lowest BCUT2D eigenvalue weighted by Gasteiger charge is -2.28. The fourth-order valence-electron chi connectivity index (χ4n) is 6.33. The van der Waals surface area contributed by atoms with Crippen molar-refractivity contribution in [2.24, 2.45) is 0 Å². The lowest BCUT2D eigenvalue weighted by molar-refractivity contribution is -0.174.